The van der Waals surface area contributed by atoms with Crippen molar-refractivity contribution in [3.8, 4) is 5.75 Å². The number of nitrogens with one attached hydrogen (secondary N) is 2. The maximum Gasteiger partial charge on any atom is 0.326 e. The fourth-order valence-corrected chi connectivity index (χ4v) is 4.35. The third kappa shape index (κ3) is 5.94. The number of fused-ring (bicyclic) bond motifs is 1. The molecular formula is C26H31N5O5. The van der Waals surface area contributed by atoms with E-state index in [-0.39, 0.29) is 30.8 Å². The fraction of sp³-hybridized carbons (Fsp3) is 0.385. The Balaban J connectivity index is 1.36. The van der Waals surface area contributed by atoms with Crippen LogP contribution in [0.4, 0.5) is 21.9 Å². The molecule has 2 aromatic rings. The Hall–Kier alpha value is -4.08. The fourth-order valence-electron chi connectivity index (χ4n) is 4.35. The van der Waals surface area contributed by atoms with Gasteiger partial charge in [0.15, 0.2) is 0 Å². The number of rotatable bonds is 9. The monoisotopic (exact) mass is 493 g/mol. The Labute approximate surface area is 210 Å². The van der Waals surface area contributed by atoms with E-state index in [2.05, 4.69) is 10.6 Å². The Kier molecular flexibility index (Phi) is 8.04. The number of hydrogen-bond acceptors (Lipinski definition) is 5. The average Bonchev–Trinajstić information content (AvgIpc) is 3.29. The number of nitrogens with zero attached hydrogens (tertiary/aromatic N) is 3. The summed E-state index contributed by atoms with van der Waals surface area (Å²) in [6.45, 7) is 3.91. The van der Waals surface area contributed by atoms with Crippen molar-refractivity contribution >= 4 is 40.8 Å². The van der Waals surface area contributed by atoms with E-state index in [0.29, 0.717) is 55.3 Å². The van der Waals surface area contributed by atoms with Gasteiger partial charge in [-0.1, -0.05) is 12.1 Å². The largest absolute Gasteiger partial charge is 0.494 e. The van der Waals surface area contributed by atoms with E-state index in [4.69, 9.17) is 4.74 Å². The highest BCUT2D eigenvalue weighted by Gasteiger charge is 2.33. The first kappa shape index (κ1) is 25.0. The molecule has 1 fully saturated rings. The molecule has 0 aliphatic carbocycles. The molecule has 2 aliphatic heterocycles. The molecule has 2 aliphatic rings. The van der Waals surface area contributed by atoms with E-state index in [1.807, 2.05) is 11.8 Å². The number of carbonyl (C=O) groups excluding carboxylic acids is 4. The van der Waals surface area contributed by atoms with Crippen molar-refractivity contribution in [2.24, 2.45) is 0 Å². The number of anilines is 3. The van der Waals surface area contributed by atoms with Crippen LogP contribution < -0.4 is 25.2 Å². The second-order valence-corrected chi connectivity index (χ2v) is 8.63. The number of urea groups is 1. The zero-order valence-corrected chi connectivity index (χ0v) is 20.4. The summed E-state index contributed by atoms with van der Waals surface area (Å²) in [4.78, 5) is 54.8. The second kappa shape index (κ2) is 11.6. The average molecular weight is 494 g/mol. The maximum atomic E-state index is 13.0. The molecule has 0 aromatic heterocycles. The van der Waals surface area contributed by atoms with Gasteiger partial charge < -0.3 is 20.3 Å². The van der Waals surface area contributed by atoms with Crippen molar-refractivity contribution in [3.05, 3.63) is 48.5 Å². The number of likely N-dealkylation sites (tertiary alicyclic amines) is 1. The first-order valence-corrected chi connectivity index (χ1v) is 12.2. The molecule has 0 spiro atoms. The van der Waals surface area contributed by atoms with Crippen LogP contribution in [0.1, 0.15) is 26.2 Å². The van der Waals surface area contributed by atoms with Crippen LogP contribution in [0.5, 0.6) is 5.75 Å². The highest BCUT2D eigenvalue weighted by atomic mass is 16.5. The molecule has 4 rings (SSSR count). The van der Waals surface area contributed by atoms with Crippen molar-refractivity contribution in [1.29, 1.82) is 0 Å². The number of amides is 5. The van der Waals surface area contributed by atoms with Crippen LogP contribution >= 0.6 is 0 Å². The second-order valence-electron chi connectivity index (χ2n) is 8.63. The van der Waals surface area contributed by atoms with Gasteiger partial charge >= 0.3 is 6.03 Å². The van der Waals surface area contributed by atoms with Crippen LogP contribution in [0, 0.1) is 0 Å². The van der Waals surface area contributed by atoms with Gasteiger partial charge in [-0.3, -0.25) is 24.2 Å². The van der Waals surface area contributed by atoms with Gasteiger partial charge in [-0.25, -0.2) is 4.79 Å². The minimum atomic E-state index is -0.444. The van der Waals surface area contributed by atoms with Crippen molar-refractivity contribution in [2.45, 2.75) is 26.2 Å². The minimum absolute atomic E-state index is 0.146. The molecule has 0 unspecified atom stereocenters. The summed E-state index contributed by atoms with van der Waals surface area (Å²) < 4.78 is 5.42. The van der Waals surface area contributed by atoms with Gasteiger partial charge in [0.1, 0.15) is 18.8 Å². The molecule has 36 heavy (non-hydrogen) atoms. The Morgan fingerprint density at radius 2 is 1.75 bits per heavy atom. The smallest absolute Gasteiger partial charge is 0.326 e. The van der Waals surface area contributed by atoms with Crippen LogP contribution in [-0.2, 0) is 14.4 Å². The Morgan fingerprint density at radius 3 is 2.44 bits per heavy atom. The zero-order valence-electron chi connectivity index (χ0n) is 20.4. The molecule has 0 radical (unpaired) electrons. The lowest BCUT2D eigenvalue weighted by Crippen LogP contribution is -2.52. The van der Waals surface area contributed by atoms with Gasteiger partial charge in [0.2, 0.25) is 17.7 Å². The number of benzene rings is 2. The van der Waals surface area contributed by atoms with Gasteiger partial charge in [0.25, 0.3) is 0 Å². The highest BCUT2D eigenvalue weighted by Crippen LogP contribution is 2.33. The summed E-state index contributed by atoms with van der Waals surface area (Å²) in [5.74, 6) is 0.215. The Morgan fingerprint density at radius 1 is 1.00 bits per heavy atom. The summed E-state index contributed by atoms with van der Waals surface area (Å²) in [5.41, 5.74) is 1.61. The van der Waals surface area contributed by atoms with Gasteiger partial charge in [0, 0.05) is 31.7 Å². The third-order valence-electron chi connectivity index (χ3n) is 6.12. The molecule has 2 aromatic carbocycles. The molecule has 190 valence electrons. The molecule has 5 amide bonds. The lowest BCUT2D eigenvalue weighted by molar-refractivity contribution is -0.127. The topological polar surface area (TPSA) is 111 Å². The minimum Gasteiger partial charge on any atom is -0.494 e. The molecule has 10 heteroatoms. The zero-order chi connectivity index (χ0) is 25.5. The van der Waals surface area contributed by atoms with E-state index in [1.54, 1.807) is 48.5 Å². The molecule has 0 bridgehead atoms. The SMILES string of the molecule is CCOc1ccc(NC(=O)N2CC(=O)N(CC(=O)NCCCN3CCCC3=O)c3ccccc32)cc1. The quantitative estimate of drug-likeness (QED) is 0.522. The predicted molar refractivity (Wildman–Crippen MR) is 136 cm³/mol. The number of carbonyl (C=O) groups is 4. The number of para-hydroxylation sites is 2. The molecule has 10 nitrogen and oxygen atoms in total. The van der Waals surface area contributed by atoms with Crippen LogP contribution in [-0.4, -0.2) is 68.0 Å². The van der Waals surface area contributed by atoms with Gasteiger partial charge in [-0.15, -0.1) is 0 Å². The molecule has 1 saturated heterocycles. The summed E-state index contributed by atoms with van der Waals surface area (Å²) in [5, 5.41) is 5.64. The summed E-state index contributed by atoms with van der Waals surface area (Å²) in [6, 6.07) is 13.6. The lowest BCUT2D eigenvalue weighted by Gasteiger charge is -2.35. The molecule has 2 N–H and O–H groups in total. The maximum absolute atomic E-state index is 13.0. The summed E-state index contributed by atoms with van der Waals surface area (Å²) in [6.07, 6.45) is 2.14. The van der Waals surface area contributed by atoms with E-state index >= 15 is 0 Å². The number of hydrogen-bond donors (Lipinski definition) is 2. The summed E-state index contributed by atoms with van der Waals surface area (Å²) in [7, 11) is 0. The van der Waals surface area contributed by atoms with E-state index in [9.17, 15) is 19.2 Å². The third-order valence-corrected chi connectivity index (χ3v) is 6.12. The van der Waals surface area contributed by atoms with Crippen LogP contribution in [0.25, 0.3) is 0 Å². The van der Waals surface area contributed by atoms with Crippen molar-refractivity contribution in [3.63, 3.8) is 0 Å². The first-order chi connectivity index (χ1) is 17.5. The first-order valence-electron chi connectivity index (χ1n) is 12.2. The van der Waals surface area contributed by atoms with Crippen LogP contribution in [0.3, 0.4) is 0 Å². The lowest BCUT2D eigenvalue weighted by atomic mass is 10.1. The van der Waals surface area contributed by atoms with Gasteiger partial charge in [-0.2, -0.15) is 0 Å². The van der Waals surface area contributed by atoms with Crippen LogP contribution in [0.15, 0.2) is 48.5 Å². The van der Waals surface area contributed by atoms with E-state index in [1.165, 1.54) is 9.80 Å². The van der Waals surface area contributed by atoms with E-state index < -0.39 is 6.03 Å². The van der Waals surface area contributed by atoms with E-state index in [0.717, 1.165) is 13.0 Å². The van der Waals surface area contributed by atoms with Gasteiger partial charge in [-0.05, 0) is 56.2 Å². The standard InChI is InChI=1S/C26H31N5O5/c1-2-36-20-12-10-19(11-13-20)28-26(35)31-18-25(34)30(21-7-3-4-8-22(21)31)17-23(32)27-14-6-16-29-15-5-9-24(29)33/h3-4,7-8,10-13H,2,5-6,9,14-18H2,1H3,(H,27,32)(H,28,35). The molecule has 2 heterocycles. The Bertz CT molecular complexity index is 1120. The van der Waals surface area contributed by atoms with Crippen LogP contribution in [0.2, 0.25) is 0 Å². The number of ether oxygens (including phenoxy) is 1. The summed E-state index contributed by atoms with van der Waals surface area (Å²) >= 11 is 0. The molecular weight excluding hydrogens is 462 g/mol. The predicted octanol–water partition coefficient (Wildman–Crippen LogP) is 2.60. The van der Waals surface area contributed by atoms with Crippen molar-refractivity contribution in [2.75, 3.05) is 54.4 Å². The van der Waals surface area contributed by atoms with Crippen molar-refractivity contribution < 1.29 is 23.9 Å². The van der Waals surface area contributed by atoms with Crippen molar-refractivity contribution in [1.82, 2.24) is 10.2 Å². The highest BCUT2D eigenvalue weighted by molar-refractivity contribution is 6.15. The molecule has 0 saturated carbocycles. The van der Waals surface area contributed by atoms with Gasteiger partial charge in [0.05, 0.1) is 18.0 Å². The molecule has 0 atom stereocenters. The normalized spacial score (nSPS) is 15.1.